The van der Waals surface area contributed by atoms with Crippen LogP contribution in [0.2, 0.25) is 0 Å². The van der Waals surface area contributed by atoms with Crippen molar-refractivity contribution < 1.29 is 27.5 Å². The number of nitrogens with zero attached hydrogens (tertiary/aromatic N) is 6. The van der Waals surface area contributed by atoms with E-state index in [-0.39, 0.29) is 30.8 Å². The van der Waals surface area contributed by atoms with Gasteiger partial charge in [0.15, 0.2) is 11.6 Å². The van der Waals surface area contributed by atoms with Gasteiger partial charge in [-0.05, 0) is 37.6 Å². The molecule has 11 nitrogen and oxygen atoms in total. The molecule has 3 aliphatic heterocycles. The Balaban J connectivity index is 1.18. The molecular weight excluding hydrogens is 529 g/mol. The number of carbonyl (C=O) groups is 2. The molecular formula is C26H29F3N8O3. The van der Waals surface area contributed by atoms with Crippen LogP contribution in [0, 0.1) is 17.2 Å². The molecule has 0 spiro atoms. The highest BCUT2D eigenvalue weighted by Crippen LogP contribution is 2.35. The number of piperazine rings is 1. The quantitative estimate of drug-likeness (QED) is 0.540. The number of carbonyl (C=O) groups excluding carboxylic acids is 2. The highest BCUT2D eigenvalue weighted by Gasteiger charge is 2.54. The summed E-state index contributed by atoms with van der Waals surface area (Å²) in [6.07, 6.45) is -0.337. The van der Waals surface area contributed by atoms with Crippen LogP contribution in [0.4, 0.5) is 19.0 Å². The monoisotopic (exact) mass is 558 g/mol. The average Bonchev–Trinajstić information content (AvgIpc) is 3.44. The first-order valence-electron chi connectivity index (χ1n) is 13.1. The van der Waals surface area contributed by atoms with E-state index in [1.807, 2.05) is 11.0 Å². The normalized spacial score (nSPS) is 23.9. The van der Waals surface area contributed by atoms with Gasteiger partial charge in [-0.3, -0.25) is 19.9 Å². The van der Waals surface area contributed by atoms with Crippen LogP contribution in [0.15, 0.2) is 36.7 Å². The van der Waals surface area contributed by atoms with Crippen LogP contribution in [0.25, 0.3) is 0 Å². The maximum atomic E-state index is 13.7. The Hall–Kier alpha value is -3.96. The van der Waals surface area contributed by atoms with Crippen molar-refractivity contribution in [1.29, 1.82) is 5.26 Å². The van der Waals surface area contributed by atoms with Crippen molar-refractivity contribution >= 4 is 17.6 Å². The van der Waals surface area contributed by atoms with E-state index in [1.165, 1.54) is 6.20 Å². The van der Waals surface area contributed by atoms with Crippen LogP contribution < -0.4 is 20.5 Å². The molecule has 14 heteroatoms. The van der Waals surface area contributed by atoms with E-state index in [2.05, 4.69) is 20.8 Å². The van der Waals surface area contributed by atoms with E-state index < -0.39 is 24.0 Å². The zero-order valence-electron chi connectivity index (χ0n) is 21.6. The second-order valence-electron chi connectivity index (χ2n) is 9.98. The van der Waals surface area contributed by atoms with E-state index in [4.69, 9.17) is 10.00 Å². The number of rotatable bonds is 6. The fourth-order valence-corrected chi connectivity index (χ4v) is 5.54. The molecule has 0 aliphatic carbocycles. The lowest BCUT2D eigenvalue weighted by Crippen LogP contribution is -2.65. The zero-order chi connectivity index (χ0) is 28.3. The third kappa shape index (κ3) is 5.95. The number of nitriles is 1. The van der Waals surface area contributed by atoms with Crippen LogP contribution >= 0.6 is 0 Å². The summed E-state index contributed by atoms with van der Waals surface area (Å²) in [6.45, 7) is 2.66. The van der Waals surface area contributed by atoms with Crippen LogP contribution in [0.5, 0.6) is 5.75 Å². The van der Waals surface area contributed by atoms with Gasteiger partial charge in [-0.15, -0.1) is 0 Å². The van der Waals surface area contributed by atoms with Gasteiger partial charge < -0.3 is 14.5 Å². The topological polar surface area (TPSA) is 127 Å². The summed E-state index contributed by atoms with van der Waals surface area (Å²) < 4.78 is 47.0. The number of hydrazine groups is 1. The Bertz CT molecular complexity index is 1260. The summed E-state index contributed by atoms with van der Waals surface area (Å²) in [5, 5.41) is 8.89. The molecule has 4 heterocycles. The van der Waals surface area contributed by atoms with Gasteiger partial charge in [0.2, 0.25) is 5.91 Å². The van der Waals surface area contributed by atoms with E-state index in [1.54, 1.807) is 40.3 Å². The fourth-order valence-electron chi connectivity index (χ4n) is 5.54. The highest BCUT2D eigenvalue weighted by atomic mass is 19.4. The second-order valence-corrected chi connectivity index (χ2v) is 9.98. The van der Waals surface area contributed by atoms with Crippen molar-refractivity contribution in [2.75, 3.05) is 50.8 Å². The predicted octanol–water partition coefficient (Wildman–Crippen LogP) is 1.34. The summed E-state index contributed by atoms with van der Waals surface area (Å²) in [5.41, 5.74) is 5.38. The lowest BCUT2D eigenvalue weighted by atomic mass is 9.94. The molecule has 3 aliphatic rings. The molecule has 1 aromatic heterocycles. The minimum Gasteiger partial charge on any atom is -0.492 e. The molecule has 212 valence electrons. The number of anilines is 1. The van der Waals surface area contributed by atoms with Crippen LogP contribution in [0.3, 0.4) is 0 Å². The number of halogens is 3. The van der Waals surface area contributed by atoms with Gasteiger partial charge in [0, 0.05) is 50.4 Å². The van der Waals surface area contributed by atoms with Gasteiger partial charge in [0.05, 0.1) is 12.4 Å². The molecule has 0 radical (unpaired) electrons. The molecule has 0 bridgehead atoms. The van der Waals surface area contributed by atoms with E-state index >= 15 is 0 Å². The predicted molar refractivity (Wildman–Crippen MR) is 136 cm³/mol. The largest absolute Gasteiger partial charge is 0.492 e. The summed E-state index contributed by atoms with van der Waals surface area (Å²) in [6, 6.07) is 7.40. The van der Waals surface area contributed by atoms with E-state index in [0.29, 0.717) is 62.7 Å². The maximum Gasteiger partial charge on any atom is 0.402 e. The highest BCUT2D eigenvalue weighted by molar-refractivity contribution is 5.94. The molecule has 5 rings (SSSR count). The fraction of sp³-hybridized carbons (Fsp3) is 0.500. The summed E-state index contributed by atoms with van der Waals surface area (Å²) >= 11 is 0. The van der Waals surface area contributed by atoms with Gasteiger partial charge >= 0.3 is 6.18 Å². The number of hydrogen-bond donors (Lipinski definition) is 2. The lowest BCUT2D eigenvalue weighted by Gasteiger charge is -2.40. The molecule has 40 heavy (non-hydrogen) atoms. The Morgan fingerprint density at radius 2 is 1.95 bits per heavy atom. The molecule has 0 saturated carbocycles. The van der Waals surface area contributed by atoms with Crippen molar-refractivity contribution in [3.8, 4) is 11.8 Å². The number of hydrogen-bond acceptors (Lipinski definition) is 9. The molecule has 2 amide bonds. The van der Waals surface area contributed by atoms with Gasteiger partial charge in [0.25, 0.3) is 5.91 Å². The minimum absolute atomic E-state index is 0.0125. The Labute approximate surface area is 228 Å². The second kappa shape index (κ2) is 11.6. The number of amides is 2. The lowest BCUT2D eigenvalue weighted by molar-refractivity contribution is -0.201. The van der Waals surface area contributed by atoms with Crippen LogP contribution in [-0.2, 0) is 4.79 Å². The standard InChI is InChI=1S/C26H29F3N8O3/c27-26(28,29)23-21(14-33-34-24(23)38)37-6-2-4-19(37)16-40-20-5-1-3-17(11-20)25(39)36-9-7-35(8-10-36)22-15-31-18(12-30)13-32-22/h1,3,5,11,13,15,19,21,23,33H,2,4,6-10,14,16H2,(H,34,38)/t19-,21?,23?/m0/s1. The summed E-state index contributed by atoms with van der Waals surface area (Å²) in [5.74, 6) is -2.23. The average molecular weight is 559 g/mol. The first-order valence-corrected chi connectivity index (χ1v) is 13.1. The summed E-state index contributed by atoms with van der Waals surface area (Å²) in [7, 11) is 0. The van der Waals surface area contributed by atoms with Crippen LogP contribution in [-0.4, -0.2) is 95.7 Å². The molecule has 3 saturated heterocycles. The Morgan fingerprint density at radius 1 is 1.15 bits per heavy atom. The van der Waals surface area contributed by atoms with Crippen molar-refractivity contribution in [3.05, 3.63) is 47.9 Å². The Morgan fingerprint density at radius 3 is 2.65 bits per heavy atom. The first-order chi connectivity index (χ1) is 19.2. The van der Waals surface area contributed by atoms with Crippen molar-refractivity contribution in [1.82, 2.24) is 30.6 Å². The van der Waals surface area contributed by atoms with Gasteiger partial charge in [-0.2, -0.15) is 18.4 Å². The minimum atomic E-state index is -4.65. The zero-order valence-corrected chi connectivity index (χ0v) is 21.6. The number of alkyl halides is 3. The van der Waals surface area contributed by atoms with Crippen LogP contribution in [0.1, 0.15) is 28.9 Å². The van der Waals surface area contributed by atoms with Crippen molar-refractivity contribution in [2.45, 2.75) is 31.1 Å². The molecule has 2 aromatic rings. The number of aromatic nitrogens is 2. The smallest absolute Gasteiger partial charge is 0.402 e. The Kier molecular flexibility index (Phi) is 8.04. The third-order valence-electron chi connectivity index (χ3n) is 7.56. The maximum absolute atomic E-state index is 13.7. The van der Waals surface area contributed by atoms with E-state index in [0.717, 1.165) is 0 Å². The number of benzene rings is 1. The van der Waals surface area contributed by atoms with Gasteiger partial charge in [0.1, 0.15) is 24.2 Å². The molecule has 3 atom stereocenters. The number of ether oxygens (including phenoxy) is 1. The van der Waals surface area contributed by atoms with E-state index in [9.17, 15) is 22.8 Å². The SMILES string of the molecule is N#Cc1cnc(N2CCN(C(=O)c3cccc(OC[C@@H]4CCCN4C4CNNC(=O)C4C(F)(F)F)c3)CC2)cn1. The molecule has 2 N–H and O–H groups in total. The number of nitrogens with one attached hydrogen (secondary N) is 2. The third-order valence-corrected chi connectivity index (χ3v) is 7.56. The number of likely N-dealkylation sites (tertiary alicyclic amines) is 1. The molecule has 2 unspecified atom stereocenters. The van der Waals surface area contributed by atoms with Gasteiger partial charge in [-0.25, -0.2) is 15.4 Å². The summed E-state index contributed by atoms with van der Waals surface area (Å²) in [4.78, 5) is 39.0. The molecule has 3 fully saturated rings. The van der Waals surface area contributed by atoms with Crippen molar-refractivity contribution in [2.24, 2.45) is 5.92 Å². The van der Waals surface area contributed by atoms with Gasteiger partial charge in [-0.1, -0.05) is 6.07 Å². The van der Waals surface area contributed by atoms with Crippen molar-refractivity contribution in [3.63, 3.8) is 0 Å². The first kappa shape index (κ1) is 27.6. The molecule has 1 aromatic carbocycles.